The van der Waals surface area contributed by atoms with Crippen LogP contribution in [0.15, 0.2) is 30.6 Å². The third kappa shape index (κ3) is 4.77. The summed E-state index contributed by atoms with van der Waals surface area (Å²) in [4.78, 5) is 16.6. The molecule has 0 saturated heterocycles. The van der Waals surface area contributed by atoms with Crippen molar-refractivity contribution >= 4 is 23.0 Å². The highest BCUT2D eigenvalue weighted by atomic mass is 32.1. The molecule has 2 aromatic heterocycles. The number of aromatic nitrogens is 1. The molecule has 0 bridgehead atoms. The second-order valence-corrected chi connectivity index (χ2v) is 8.45. The van der Waals surface area contributed by atoms with Gasteiger partial charge >= 0.3 is 5.97 Å². The van der Waals surface area contributed by atoms with E-state index in [0.717, 1.165) is 23.5 Å². The summed E-state index contributed by atoms with van der Waals surface area (Å²) in [5.41, 5.74) is 0.525. The summed E-state index contributed by atoms with van der Waals surface area (Å²) in [6.07, 6.45) is 5.19. The first-order valence-electron chi connectivity index (χ1n) is 8.54. The van der Waals surface area contributed by atoms with Crippen LogP contribution in [0.2, 0.25) is 0 Å². The molecular formula is C20H22N2O3S. The van der Waals surface area contributed by atoms with Crippen LogP contribution in [0.1, 0.15) is 48.2 Å². The van der Waals surface area contributed by atoms with Crippen LogP contribution < -0.4 is 10.1 Å². The van der Waals surface area contributed by atoms with Crippen molar-refractivity contribution < 1.29 is 14.6 Å². The predicted octanol–water partition coefficient (Wildman–Crippen LogP) is 4.26. The zero-order valence-corrected chi connectivity index (χ0v) is 15.9. The Morgan fingerprint density at radius 1 is 1.42 bits per heavy atom. The summed E-state index contributed by atoms with van der Waals surface area (Å²) in [5, 5.41) is 12.8. The average molecular weight is 370 g/mol. The number of hydrogen-bond donors (Lipinski definition) is 2. The minimum absolute atomic E-state index is 0.119. The Labute approximate surface area is 157 Å². The third-order valence-electron chi connectivity index (χ3n) is 3.88. The molecule has 0 aromatic carbocycles. The van der Waals surface area contributed by atoms with E-state index in [-0.39, 0.29) is 17.6 Å². The molecular weight excluding hydrogens is 348 g/mol. The SMILES string of the molecule is CC(C)(C)C#Cc1cc(NC2CC(Oc3cccnc3)C2)c(C(=O)O)s1. The van der Waals surface area contributed by atoms with Gasteiger partial charge in [0, 0.05) is 30.5 Å². The van der Waals surface area contributed by atoms with Crippen LogP contribution in [0.25, 0.3) is 0 Å². The second-order valence-electron chi connectivity index (χ2n) is 7.40. The standard InChI is InChI=1S/C20H22N2O3S/c1-20(2,3)7-6-16-11-17(18(26-16)19(23)24)22-13-9-15(10-13)25-14-5-4-8-21-12-14/h4-5,8,11-13,15,22H,9-10H2,1-3H3,(H,23,24). The van der Waals surface area contributed by atoms with Crippen molar-refractivity contribution in [3.05, 3.63) is 40.3 Å². The molecule has 2 aromatic rings. The van der Waals surface area contributed by atoms with E-state index in [1.165, 1.54) is 11.3 Å². The molecule has 1 aliphatic rings. The number of aromatic carboxylic acids is 1. The van der Waals surface area contributed by atoms with Gasteiger partial charge in [0.25, 0.3) is 0 Å². The number of nitrogens with one attached hydrogen (secondary N) is 1. The van der Waals surface area contributed by atoms with E-state index in [1.807, 2.05) is 39.0 Å². The fraction of sp³-hybridized carbons (Fsp3) is 0.400. The van der Waals surface area contributed by atoms with Crippen molar-refractivity contribution in [3.63, 3.8) is 0 Å². The van der Waals surface area contributed by atoms with Crippen LogP contribution in [-0.2, 0) is 0 Å². The Balaban J connectivity index is 1.62. The summed E-state index contributed by atoms with van der Waals surface area (Å²) in [6, 6.07) is 5.76. The Kier molecular flexibility index (Phi) is 5.19. The fourth-order valence-electron chi connectivity index (χ4n) is 2.58. The van der Waals surface area contributed by atoms with Crippen molar-refractivity contribution in [2.75, 3.05) is 5.32 Å². The van der Waals surface area contributed by atoms with E-state index >= 15 is 0 Å². The molecule has 6 heteroatoms. The van der Waals surface area contributed by atoms with Gasteiger partial charge in [0.15, 0.2) is 0 Å². The third-order valence-corrected chi connectivity index (χ3v) is 4.92. The van der Waals surface area contributed by atoms with Gasteiger partial charge in [-0.05, 0) is 39.0 Å². The van der Waals surface area contributed by atoms with Crippen molar-refractivity contribution in [2.45, 2.75) is 45.8 Å². The zero-order chi connectivity index (χ0) is 18.7. The van der Waals surface area contributed by atoms with E-state index in [2.05, 4.69) is 22.1 Å². The molecule has 2 N–H and O–H groups in total. The number of thiophene rings is 1. The molecule has 0 radical (unpaired) electrons. The van der Waals surface area contributed by atoms with Crippen LogP contribution in [0.5, 0.6) is 5.75 Å². The van der Waals surface area contributed by atoms with Gasteiger partial charge in [-0.3, -0.25) is 4.98 Å². The largest absolute Gasteiger partial charge is 0.489 e. The van der Waals surface area contributed by atoms with Gasteiger partial charge in [-0.2, -0.15) is 0 Å². The Bertz CT molecular complexity index is 837. The van der Waals surface area contributed by atoms with Crippen LogP contribution in [0, 0.1) is 17.3 Å². The number of carbonyl (C=O) groups is 1. The maximum Gasteiger partial charge on any atom is 0.348 e. The van der Waals surface area contributed by atoms with E-state index in [0.29, 0.717) is 10.6 Å². The molecule has 0 aliphatic heterocycles. The fourth-order valence-corrected chi connectivity index (χ4v) is 3.39. The number of ether oxygens (including phenoxy) is 1. The van der Waals surface area contributed by atoms with E-state index in [1.54, 1.807) is 12.4 Å². The number of pyridine rings is 1. The minimum atomic E-state index is -0.927. The Morgan fingerprint density at radius 2 is 2.19 bits per heavy atom. The molecule has 0 unspecified atom stereocenters. The number of rotatable bonds is 5. The molecule has 3 rings (SSSR count). The monoisotopic (exact) mass is 370 g/mol. The summed E-state index contributed by atoms with van der Waals surface area (Å²) in [6.45, 7) is 6.09. The summed E-state index contributed by atoms with van der Waals surface area (Å²) >= 11 is 1.21. The molecule has 2 heterocycles. The van der Waals surface area contributed by atoms with E-state index < -0.39 is 5.97 Å². The van der Waals surface area contributed by atoms with Gasteiger partial charge in [0.2, 0.25) is 0 Å². The Hall–Kier alpha value is -2.52. The number of carboxylic acids is 1. The number of nitrogens with zero attached hydrogens (tertiary/aromatic N) is 1. The molecule has 1 fully saturated rings. The highest BCUT2D eigenvalue weighted by Gasteiger charge is 2.32. The quantitative estimate of drug-likeness (QED) is 0.770. The molecule has 5 nitrogen and oxygen atoms in total. The molecule has 1 saturated carbocycles. The second kappa shape index (κ2) is 7.38. The van der Waals surface area contributed by atoms with Crippen LogP contribution in [0.4, 0.5) is 5.69 Å². The van der Waals surface area contributed by atoms with Crippen molar-refractivity contribution in [3.8, 4) is 17.6 Å². The summed E-state index contributed by atoms with van der Waals surface area (Å²) < 4.78 is 5.84. The van der Waals surface area contributed by atoms with Crippen molar-refractivity contribution in [1.29, 1.82) is 0 Å². The first kappa shape index (κ1) is 18.3. The average Bonchev–Trinajstić information content (AvgIpc) is 2.95. The van der Waals surface area contributed by atoms with Crippen molar-refractivity contribution in [2.24, 2.45) is 5.41 Å². The molecule has 0 atom stereocenters. The summed E-state index contributed by atoms with van der Waals surface area (Å²) in [7, 11) is 0. The number of hydrogen-bond acceptors (Lipinski definition) is 5. The van der Waals surface area contributed by atoms with Crippen LogP contribution in [-0.4, -0.2) is 28.2 Å². The minimum Gasteiger partial charge on any atom is -0.489 e. The number of carboxylic acid groups (broad SMARTS) is 1. The maximum atomic E-state index is 11.5. The highest BCUT2D eigenvalue weighted by Crippen LogP contribution is 2.33. The molecule has 1 aliphatic carbocycles. The molecule has 0 spiro atoms. The van der Waals surface area contributed by atoms with Gasteiger partial charge in [-0.15, -0.1) is 11.3 Å². The van der Waals surface area contributed by atoms with Gasteiger partial charge in [0.1, 0.15) is 16.7 Å². The van der Waals surface area contributed by atoms with Gasteiger partial charge in [0.05, 0.1) is 16.8 Å². The summed E-state index contributed by atoms with van der Waals surface area (Å²) in [5.74, 6) is 6.07. The van der Waals surface area contributed by atoms with Crippen molar-refractivity contribution in [1.82, 2.24) is 4.98 Å². The normalized spacial score (nSPS) is 19.0. The van der Waals surface area contributed by atoms with Crippen LogP contribution >= 0.6 is 11.3 Å². The highest BCUT2D eigenvalue weighted by molar-refractivity contribution is 7.15. The molecule has 26 heavy (non-hydrogen) atoms. The molecule has 136 valence electrons. The molecule has 0 amide bonds. The van der Waals surface area contributed by atoms with E-state index in [4.69, 9.17) is 4.74 Å². The predicted molar refractivity (Wildman–Crippen MR) is 103 cm³/mol. The van der Waals surface area contributed by atoms with E-state index in [9.17, 15) is 9.90 Å². The van der Waals surface area contributed by atoms with Gasteiger partial charge in [-0.25, -0.2) is 4.79 Å². The first-order chi connectivity index (χ1) is 12.3. The van der Waals surface area contributed by atoms with Gasteiger partial charge < -0.3 is 15.2 Å². The maximum absolute atomic E-state index is 11.5. The Morgan fingerprint density at radius 3 is 2.81 bits per heavy atom. The lowest BCUT2D eigenvalue weighted by Crippen LogP contribution is -2.42. The zero-order valence-electron chi connectivity index (χ0n) is 15.1. The number of anilines is 1. The first-order valence-corrected chi connectivity index (χ1v) is 9.35. The lowest BCUT2D eigenvalue weighted by Gasteiger charge is -2.36. The lowest BCUT2D eigenvalue weighted by atomic mass is 9.89. The smallest absolute Gasteiger partial charge is 0.348 e. The topological polar surface area (TPSA) is 71.5 Å². The van der Waals surface area contributed by atoms with Gasteiger partial charge in [-0.1, -0.05) is 11.8 Å². The lowest BCUT2D eigenvalue weighted by molar-refractivity contribution is 0.0703. The van der Waals surface area contributed by atoms with Crippen LogP contribution in [0.3, 0.4) is 0 Å².